The van der Waals surface area contributed by atoms with Crippen molar-refractivity contribution in [1.29, 1.82) is 0 Å². The van der Waals surface area contributed by atoms with Crippen molar-refractivity contribution in [2.75, 3.05) is 0 Å². The van der Waals surface area contributed by atoms with Gasteiger partial charge in [0.1, 0.15) is 16.6 Å². The standard InChI is InChI=1S/C17H14N6O5S/c1-8-6-10(22(3)20-8)14(24)13-9(2)23(17(26)12-7-18-21-29-12)28-16(13)15(25)11-4-5-19-27-11/h4-7,9H,1-3H3. The molecule has 1 amide bonds. The van der Waals surface area contributed by atoms with Gasteiger partial charge in [-0.1, -0.05) is 9.64 Å². The summed E-state index contributed by atoms with van der Waals surface area (Å²) in [4.78, 5) is 44.7. The third kappa shape index (κ3) is 3.12. The topological polar surface area (TPSA) is 133 Å². The summed E-state index contributed by atoms with van der Waals surface area (Å²) in [6, 6.07) is 2.09. The molecule has 148 valence electrons. The fourth-order valence-electron chi connectivity index (χ4n) is 2.98. The van der Waals surface area contributed by atoms with Crippen LogP contribution in [0.4, 0.5) is 0 Å². The monoisotopic (exact) mass is 414 g/mol. The molecule has 0 aromatic carbocycles. The van der Waals surface area contributed by atoms with Gasteiger partial charge in [0.15, 0.2) is 0 Å². The maximum absolute atomic E-state index is 13.3. The first-order valence-electron chi connectivity index (χ1n) is 8.42. The number of hydroxylamine groups is 2. The minimum absolute atomic E-state index is 0.0141. The van der Waals surface area contributed by atoms with Crippen molar-refractivity contribution < 1.29 is 23.7 Å². The van der Waals surface area contributed by atoms with Gasteiger partial charge in [0, 0.05) is 13.1 Å². The van der Waals surface area contributed by atoms with Crippen LogP contribution in [0.5, 0.6) is 0 Å². The molecule has 4 rings (SSSR count). The van der Waals surface area contributed by atoms with E-state index < -0.39 is 23.5 Å². The van der Waals surface area contributed by atoms with Gasteiger partial charge in [0.05, 0.1) is 23.7 Å². The molecule has 29 heavy (non-hydrogen) atoms. The van der Waals surface area contributed by atoms with Crippen LogP contribution in [0.25, 0.3) is 0 Å². The van der Waals surface area contributed by atoms with Gasteiger partial charge < -0.3 is 9.36 Å². The second-order valence-corrected chi connectivity index (χ2v) is 7.04. The average molecular weight is 414 g/mol. The Morgan fingerprint density at radius 1 is 1.24 bits per heavy atom. The predicted octanol–water partition coefficient (Wildman–Crippen LogP) is 1.36. The van der Waals surface area contributed by atoms with Crippen LogP contribution in [-0.2, 0) is 11.9 Å². The summed E-state index contributed by atoms with van der Waals surface area (Å²) < 4.78 is 9.97. The highest BCUT2D eigenvalue weighted by Crippen LogP contribution is 2.32. The van der Waals surface area contributed by atoms with E-state index in [-0.39, 0.29) is 27.7 Å². The summed E-state index contributed by atoms with van der Waals surface area (Å²) in [6.07, 6.45) is 2.58. The van der Waals surface area contributed by atoms with Crippen molar-refractivity contribution in [3.05, 3.63) is 57.9 Å². The first-order chi connectivity index (χ1) is 13.9. The Balaban J connectivity index is 1.78. The van der Waals surface area contributed by atoms with E-state index in [1.807, 2.05) is 0 Å². The molecule has 0 bridgehead atoms. The number of nitrogens with zero attached hydrogens (tertiary/aromatic N) is 6. The molecular formula is C17H14N6O5S. The molecule has 3 aromatic rings. The number of hydrogen-bond acceptors (Lipinski definition) is 10. The van der Waals surface area contributed by atoms with E-state index in [2.05, 4.69) is 19.8 Å². The maximum atomic E-state index is 13.3. The lowest BCUT2D eigenvalue weighted by atomic mass is 9.98. The first kappa shape index (κ1) is 18.7. The molecule has 0 saturated heterocycles. The number of carbonyl (C=O) groups excluding carboxylic acids is 3. The van der Waals surface area contributed by atoms with Gasteiger partial charge in [0.25, 0.3) is 11.7 Å². The highest BCUT2D eigenvalue weighted by molar-refractivity contribution is 7.07. The fraction of sp³-hybridized carbons (Fsp3) is 0.235. The van der Waals surface area contributed by atoms with E-state index in [1.54, 1.807) is 27.0 Å². The SMILES string of the molecule is Cc1cc(C(=O)C2=C(C(=O)c3ccno3)ON(C(=O)c3cnns3)C2C)n(C)n1. The molecule has 0 saturated carbocycles. The maximum Gasteiger partial charge on any atom is 0.300 e. The molecule has 12 heteroatoms. The molecule has 11 nitrogen and oxygen atoms in total. The number of allylic oxidation sites excluding steroid dienone is 1. The molecule has 0 radical (unpaired) electrons. The molecule has 0 N–H and O–H groups in total. The third-order valence-electron chi connectivity index (χ3n) is 4.32. The van der Waals surface area contributed by atoms with Gasteiger partial charge in [-0.15, -0.1) is 5.10 Å². The van der Waals surface area contributed by atoms with Gasteiger partial charge >= 0.3 is 0 Å². The largest absolute Gasteiger partial charge is 0.371 e. The zero-order chi connectivity index (χ0) is 20.7. The fourth-order valence-corrected chi connectivity index (χ4v) is 3.43. The third-order valence-corrected chi connectivity index (χ3v) is 4.98. The first-order valence-corrected chi connectivity index (χ1v) is 9.19. The summed E-state index contributed by atoms with van der Waals surface area (Å²) in [7, 11) is 1.62. The number of amides is 1. The number of aromatic nitrogens is 5. The normalized spacial score (nSPS) is 16.2. The summed E-state index contributed by atoms with van der Waals surface area (Å²) in [5.41, 5.74) is 0.902. The number of carbonyl (C=O) groups is 3. The quantitative estimate of drug-likeness (QED) is 0.567. The van der Waals surface area contributed by atoms with Crippen molar-refractivity contribution in [3.8, 4) is 0 Å². The lowest BCUT2D eigenvalue weighted by Crippen LogP contribution is -2.35. The van der Waals surface area contributed by atoms with Crippen LogP contribution in [0.3, 0.4) is 0 Å². The Bertz CT molecular complexity index is 1130. The summed E-state index contributed by atoms with van der Waals surface area (Å²) in [5.74, 6) is -2.17. The van der Waals surface area contributed by atoms with Crippen LogP contribution in [0.15, 0.2) is 40.4 Å². The van der Waals surface area contributed by atoms with Gasteiger partial charge in [0.2, 0.25) is 17.3 Å². The number of aryl methyl sites for hydroxylation is 2. The molecule has 0 spiro atoms. The highest BCUT2D eigenvalue weighted by Gasteiger charge is 2.44. The number of Topliss-reactive ketones (excluding diaryl/α,β-unsaturated/α-hetero) is 2. The average Bonchev–Trinajstić information content (AvgIpc) is 3.47. The van der Waals surface area contributed by atoms with Crippen LogP contribution in [0.2, 0.25) is 0 Å². The van der Waals surface area contributed by atoms with Crippen molar-refractivity contribution in [3.63, 3.8) is 0 Å². The van der Waals surface area contributed by atoms with Crippen LogP contribution in [0, 0.1) is 6.92 Å². The van der Waals surface area contributed by atoms with E-state index in [4.69, 9.17) is 9.36 Å². The van der Waals surface area contributed by atoms with Crippen molar-refractivity contribution in [2.24, 2.45) is 7.05 Å². The van der Waals surface area contributed by atoms with Crippen LogP contribution >= 0.6 is 11.5 Å². The summed E-state index contributed by atoms with van der Waals surface area (Å²) in [6.45, 7) is 3.33. The number of rotatable bonds is 5. The Hall–Kier alpha value is -3.67. The zero-order valence-electron chi connectivity index (χ0n) is 15.5. The molecule has 1 aliphatic rings. The smallest absolute Gasteiger partial charge is 0.300 e. The van der Waals surface area contributed by atoms with Gasteiger partial charge in [-0.05, 0) is 31.4 Å². The minimum atomic E-state index is -0.853. The molecule has 1 unspecified atom stereocenters. The van der Waals surface area contributed by atoms with Crippen LogP contribution in [-0.4, -0.2) is 53.1 Å². The minimum Gasteiger partial charge on any atom is -0.371 e. The Labute approximate surface area is 167 Å². The van der Waals surface area contributed by atoms with Crippen LogP contribution < -0.4 is 0 Å². The molecule has 1 aliphatic heterocycles. The molecule has 4 heterocycles. The van der Waals surface area contributed by atoms with E-state index in [1.165, 1.54) is 23.1 Å². The Kier molecular flexibility index (Phi) is 4.54. The van der Waals surface area contributed by atoms with Gasteiger partial charge in [-0.2, -0.15) is 10.2 Å². The Morgan fingerprint density at radius 3 is 2.62 bits per heavy atom. The van der Waals surface area contributed by atoms with E-state index >= 15 is 0 Å². The lowest BCUT2D eigenvalue weighted by molar-refractivity contribution is -0.0758. The number of ketones is 2. The molecule has 0 fully saturated rings. The van der Waals surface area contributed by atoms with Gasteiger partial charge in [-0.3, -0.25) is 19.1 Å². The Morgan fingerprint density at radius 2 is 2.03 bits per heavy atom. The van der Waals surface area contributed by atoms with E-state index in [0.717, 1.165) is 16.6 Å². The second-order valence-electron chi connectivity index (χ2n) is 6.25. The van der Waals surface area contributed by atoms with Crippen molar-refractivity contribution in [2.45, 2.75) is 19.9 Å². The summed E-state index contributed by atoms with van der Waals surface area (Å²) in [5, 5.41) is 12.3. The van der Waals surface area contributed by atoms with Crippen LogP contribution in [0.1, 0.15) is 43.3 Å². The zero-order valence-corrected chi connectivity index (χ0v) is 16.3. The van der Waals surface area contributed by atoms with Crippen molar-refractivity contribution in [1.82, 2.24) is 29.6 Å². The molecule has 0 aliphatic carbocycles. The molecule has 3 aromatic heterocycles. The molecule has 1 atom stereocenters. The second kappa shape index (κ2) is 7.05. The summed E-state index contributed by atoms with van der Waals surface area (Å²) >= 11 is 0.876. The lowest BCUT2D eigenvalue weighted by Gasteiger charge is -2.19. The number of hydrogen-bond donors (Lipinski definition) is 0. The van der Waals surface area contributed by atoms with E-state index in [9.17, 15) is 14.4 Å². The van der Waals surface area contributed by atoms with E-state index in [0.29, 0.717) is 5.69 Å². The molecular weight excluding hydrogens is 400 g/mol. The predicted molar refractivity (Wildman–Crippen MR) is 96.8 cm³/mol. The van der Waals surface area contributed by atoms with Gasteiger partial charge in [-0.25, -0.2) is 0 Å². The highest BCUT2D eigenvalue weighted by atomic mass is 32.1. The van der Waals surface area contributed by atoms with Crippen molar-refractivity contribution >= 4 is 29.0 Å².